The summed E-state index contributed by atoms with van der Waals surface area (Å²) >= 11 is 5.71. The van der Waals surface area contributed by atoms with E-state index in [0.717, 1.165) is 0 Å². The Bertz CT molecular complexity index is 305. The van der Waals surface area contributed by atoms with Gasteiger partial charge in [0.25, 0.3) is 0 Å². The molecule has 0 saturated heterocycles. The number of allylic oxidation sites excluding steroid dienone is 1. The summed E-state index contributed by atoms with van der Waals surface area (Å²) in [4.78, 5) is 0. The van der Waals surface area contributed by atoms with E-state index >= 15 is 0 Å². The first-order valence-electron chi connectivity index (χ1n) is 3.89. The lowest BCUT2D eigenvalue weighted by molar-refractivity contribution is -0.693. The first-order valence-corrected chi connectivity index (χ1v) is 4.27. The summed E-state index contributed by atoms with van der Waals surface area (Å²) in [5, 5.41) is 0.659. The predicted molar refractivity (Wildman–Crippen MR) is 51.1 cm³/mol. The van der Waals surface area contributed by atoms with E-state index in [1.807, 2.05) is 6.20 Å². The number of pyridine rings is 1. The van der Waals surface area contributed by atoms with Crippen LogP contribution in [0.1, 0.15) is 11.3 Å². The van der Waals surface area contributed by atoms with E-state index in [2.05, 4.69) is 37.1 Å². The van der Waals surface area contributed by atoms with E-state index in [1.165, 1.54) is 11.3 Å². The van der Waals surface area contributed by atoms with Crippen molar-refractivity contribution in [1.29, 1.82) is 0 Å². The van der Waals surface area contributed by atoms with Gasteiger partial charge in [-0.3, -0.25) is 0 Å². The Morgan fingerprint density at radius 3 is 2.75 bits per heavy atom. The molecular weight excluding hydrogens is 170 g/mol. The second kappa shape index (κ2) is 3.72. The van der Waals surface area contributed by atoms with Crippen LogP contribution in [0.15, 0.2) is 29.9 Å². The van der Waals surface area contributed by atoms with Crippen molar-refractivity contribution in [2.24, 2.45) is 0 Å². The van der Waals surface area contributed by atoms with E-state index in [0.29, 0.717) is 11.6 Å². The third kappa shape index (κ3) is 2.35. The molecule has 0 bridgehead atoms. The molecule has 0 N–H and O–H groups in total. The number of aryl methyl sites for hydroxylation is 2. The third-order valence-electron chi connectivity index (χ3n) is 1.75. The molecule has 0 saturated carbocycles. The van der Waals surface area contributed by atoms with Gasteiger partial charge in [0.15, 0.2) is 18.4 Å². The van der Waals surface area contributed by atoms with Gasteiger partial charge in [0.1, 0.15) is 0 Å². The van der Waals surface area contributed by atoms with Crippen LogP contribution in [0.2, 0.25) is 0 Å². The molecule has 1 heterocycles. The normalized spacial score (nSPS) is 9.92. The monoisotopic (exact) mass is 182 g/mol. The molecule has 1 aromatic rings. The van der Waals surface area contributed by atoms with Crippen LogP contribution < -0.4 is 4.57 Å². The highest BCUT2D eigenvalue weighted by molar-refractivity contribution is 6.29. The Morgan fingerprint density at radius 2 is 2.25 bits per heavy atom. The fourth-order valence-electron chi connectivity index (χ4n) is 1.15. The van der Waals surface area contributed by atoms with Gasteiger partial charge in [-0.1, -0.05) is 18.2 Å². The molecule has 12 heavy (non-hydrogen) atoms. The van der Waals surface area contributed by atoms with Crippen LogP contribution in [0.5, 0.6) is 0 Å². The first-order chi connectivity index (χ1) is 5.59. The van der Waals surface area contributed by atoms with Crippen LogP contribution in [0.25, 0.3) is 0 Å². The highest BCUT2D eigenvalue weighted by Gasteiger charge is 2.05. The Balaban J connectivity index is 2.93. The third-order valence-corrected chi connectivity index (χ3v) is 1.87. The lowest BCUT2D eigenvalue weighted by Gasteiger charge is -1.99. The van der Waals surface area contributed by atoms with Crippen molar-refractivity contribution >= 4 is 11.6 Å². The SMILES string of the molecule is C=C(Cl)C[n+]1ccc(C)cc1C. The van der Waals surface area contributed by atoms with Crippen LogP contribution in [0, 0.1) is 13.8 Å². The Labute approximate surface area is 78.3 Å². The van der Waals surface area contributed by atoms with Crippen molar-refractivity contribution in [1.82, 2.24) is 0 Å². The maximum Gasteiger partial charge on any atom is 0.183 e. The highest BCUT2D eigenvalue weighted by Crippen LogP contribution is 2.00. The summed E-state index contributed by atoms with van der Waals surface area (Å²) in [6.45, 7) is 8.49. The Morgan fingerprint density at radius 1 is 1.58 bits per heavy atom. The average molecular weight is 183 g/mol. The van der Waals surface area contributed by atoms with Crippen molar-refractivity contribution in [3.05, 3.63) is 41.2 Å². The van der Waals surface area contributed by atoms with Crippen molar-refractivity contribution in [2.75, 3.05) is 0 Å². The summed E-state index contributed by atoms with van der Waals surface area (Å²) in [7, 11) is 0. The Kier molecular flexibility index (Phi) is 2.88. The fourth-order valence-corrected chi connectivity index (χ4v) is 1.28. The lowest BCUT2D eigenvalue weighted by atomic mass is 10.2. The van der Waals surface area contributed by atoms with Gasteiger partial charge in [-0.05, 0) is 12.5 Å². The molecule has 2 heteroatoms. The zero-order chi connectivity index (χ0) is 9.14. The molecule has 0 fully saturated rings. The molecule has 1 nitrogen and oxygen atoms in total. The largest absolute Gasteiger partial charge is 0.197 e. The van der Waals surface area contributed by atoms with Crippen molar-refractivity contribution in [3.8, 4) is 0 Å². The average Bonchev–Trinajstić information content (AvgIpc) is 1.94. The fraction of sp³-hybridized carbons (Fsp3) is 0.300. The number of halogens is 1. The quantitative estimate of drug-likeness (QED) is 0.619. The van der Waals surface area contributed by atoms with Gasteiger partial charge < -0.3 is 0 Å². The van der Waals surface area contributed by atoms with Gasteiger partial charge in [0, 0.05) is 19.1 Å². The maximum absolute atomic E-state index is 5.71. The number of nitrogens with zero attached hydrogens (tertiary/aromatic N) is 1. The van der Waals surface area contributed by atoms with E-state index in [9.17, 15) is 0 Å². The van der Waals surface area contributed by atoms with Crippen molar-refractivity contribution < 1.29 is 4.57 Å². The Hall–Kier alpha value is -0.820. The smallest absolute Gasteiger partial charge is 0.183 e. The second-order valence-electron chi connectivity index (χ2n) is 2.99. The van der Waals surface area contributed by atoms with Crippen LogP contribution in [0.3, 0.4) is 0 Å². The topological polar surface area (TPSA) is 3.88 Å². The van der Waals surface area contributed by atoms with Crippen LogP contribution in [-0.4, -0.2) is 0 Å². The minimum atomic E-state index is 0.659. The molecule has 0 aliphatic rings. The highest BCUT2D eigenvalue weighted by atomic mass is 35.5. The molecule has 0 aromatic carbocycles. The minimum Gasteiger partial charge on any atom is -0.197 e. The van der Waals surface area contributed by atoms with Crippen LogP contribution >= 0.6 is 11.6 Å². The molecule has 0 aliphatic heterocycles. The van der Waals surface area contributed by atoms with Crippen LogP contribution in [0.4, 0.5) is 0 Å². The molecule has 0 atom stereocenters. The first kappa shape index (κ1) is 9.27. The summed E-state index contributed by atoms with van der Waals surface area (Å²) < 4.78 is 2.07. The zero-order valence-corrected chi connectivity index (χ0v) is 8.23. The van der Waals surface area contributed by atoms with Gasteiger partial charge >= 0.3 is 0 Å². The number of rotatable bonds is 2. The number of hydrogen-bond acceptors (Lipinski definition) is 0. The maximum atomic E-state index is 5.71. The van der Waals surface area contributed by atoms with E-state index in [-0.39, 0.29) is 0 Å². The van der Waals surface area contributed by atoms with Crippen LogP contribution in [-0.2, 0) is 6.54 Å². The molecule has 0 aliphatic carbocycles. The van der Waals surface area contributed by atoms with Gasteiger partial charge in [-0.25, -0.2) is 0 Å². The summed E-state index contributed by atoms with van der Waals surface area (Å²) in [6.07, 6.45) is 2.03. The zero-order valence-electron chi connectivity index (χ0n) is 7.47. The van der Waals surface area contributed by atoms with Gasteiger partial charge in [0.2, 0.25) is 0 Å². The van der Waals surface area contributed by atoms with Gasteiger partial charge in [-0.15, -0.1) is 0 Å². The molecule has 0 unspecified atom stereocenters. The van der Waals surface area contributed by atoms with Gasteiger partial charge in [-0.2, -0.15) is 4.57 Å². The predicted octanol–water partition coefficient (Wildman–Crippen LogP) is 2.34. The molecule has 0 radical (unpaired) electrons. The molecule has 1 aromatic heterocycles. The molecule has 0 amide bonds. The van der Waals surface area contributed by atoms with E-state index < -0.39 is 0 Å². The van der Waals surface area contributed by atoms with Crippen molar-refractivity contribution in [2.45, 2.75) is 20.4 Å². The summed E-state index contributed by atoms with van der Waals surface area (Å²) in [5.41, 5.74) is 2.47. The molecule has 64 valence electrons. The minimum absolute atomic E-state index is 0.659. The second-order valence-corrected chi connectivity index (χ2v) is 3.53. The molecular formula is C10H13ClN+. The molecule has 0 spiro atoms. The van der Waals surface area contributed by atoms with E-state index in [4.69, 9.17) is 11.6 Å². The number of hydrogen-bond donors (Lipinski definition) is 0. The summed E-state index contributed by atoms with van der Waals surface area (Å²) in [5.74, 6) is 0. The van der Waals surface area contributed by atoms with Gasteiger partial charge in [0.05, 0.1) is 5.03 Å². The molecule has 1 rings (SSSR count). The number of aromatic nitrogens is 1. The summed E-state index contributed by atoms with van der Waals surface area (Å²) in [6, 6.07) is 4.19. The lowest BCUT2D eigenvalue weighted by Crippen LogP contribution is -2.36. The van der Waals surface area contributed by atoms with Crippen molar-refractivity contribution in [3.63, 3.8) is 0 Å². The standard InChI is InChI=1S/C10H13ClN/c1-8-4-5-12(7-9(2)11)10(3)6-8/h4-6H,2,7H2,1,3H3/q+1. The van der Waals surface area contributed by atoms with E-state index in [1.54, 1.807) is 0 Å².